The topological polar surface area (TPSA) is 33.5 Å². The highest BCUT2D eigenvalue weighted by molar-refractivity contribution is 6.09. The zero-order chi connectivity index (χ0) is 34.7. The summed E-state index contributed by atoms with van der Waals surface area (Å²) in [6, 6.07) is 36.5. The van der Waals surface area contributed by atoms with Crippen LogP contribution < -0.4 is 14.5 Å². The number of para-hydroxylation sites is 1. The van der Waals surface area contributed by atoms with Gasteiger partial charge in [0.1, 0.15) is 17.3 Å². The molecule has 0 bridgehead atoms. The Morgan fingerprint density at radius 1 is 0.571 bits per heavy atom. The van der Waals surface area contributed by atoms with Crippen molar-refractivity contribution in [3.8, 4) is 17.3 Å². The number of hydrogen-bond donors (Lipinski definition) is 0. The van der Waals surface area contributed by atoms with Crippen LogP contribution in [-0.4, -0.2) is 16.2 Å². The summed E-state index contributed by atoms with van der Waals surface area (Å²) in [5, 5.41) is 2.36. The van der Waals surface area contributed by atoms with Crippen molar-refractivity contribution in [2.75, 3.05) is 16.5 Å². The number of hydrogen-bond acceptors (Lipinski definition) is 4. The van der Waals surface area contributed by atoms with Gasteiger partial charge in [0.2, 0.25) is 0 Å². The quantitative estimate of drug-likeness (QED) is 0.186. The van der Waals surface area contributed by atoms with Gasteiger partial charge >= 0.3 is 0 Å². The van der Waals surface area contributed by atoms with Gasteiger partial charge in [-0.3, -0.25) is 4.57 Å². The molecule has 0 fully saturated rings. The van der Waals surface area contributed by atoms with Gasteiger partial charge < -0.3 is 14.5 Å². The molecule has 0 saturated carbocycles. The highest BCUT2D eigenvalue weighted by atomic mass is 16.5. The molecule has 250 valence electrons. The van der Waals surface area contributed by atoms with E-state index >= 15 is 0 Å². The number of ether oxygens (including phenoxy) is 1. The average Bonchev–Trinajstić information content (AvgIpc) is 3.65. The third-order valence-corrected chi connectivity index (χ3v) is 9.50. The number of aromatic nitrogens is 2. The highest BCUT2D eigenvalue weighted by Gasteiger charge is 2.32. The van der Waals surface area contributed by atoms with Crippen molar-refractivity contribution in [2.45, 2.75) is 73.1 Å². The molecule has 1 aliphatic heterocycles. The summed E-state index contributed by atoms with van der Waals surface area (Å²) in [5.74, 6) is 2.47. The Kier molecular flexibility index (Phi) is 7.85. The second-order valence-electron chi connectivity index (χ2n) is 16.4. The maximum absolute atomic E-state index is 6.62. The van der Waals surface area contributed by atoms with E-state index in [2.05, 4.69) is 167 Å². The number of anilines is 2. The van der Waals surface area contributed by atoms with Crippen LogP contribution in [0.5, 0.6) is 11.5 Å². The maximum atomic E-state index is 6.62. The Hall–Kier alpha value is -5.03. The molecule has 0 N–H and O–H groups in total. The van der Waals surface area contributed by atoms with Gasteiger partial charge in [-0.05, 0) is 76.6 Å². The smallest absolute Gasteiger partial charge is 0.137 e. The average molecular weight is 649 g/mol. The SMILES string of the molecule is CC(C)(C)C1=CN(c2cc(C(C)(C)C)cc(C(C)(C)C)c2)CN1c1cccc(Oc2ccc3c4ccccc4n(-c4ccccn4)c3c2)c1. The Bertz CT molecular complexity index is 2160. The van der Waals surface area contributed by atoms with Gasteiger partial charge in [-0.1, -0.05) is 98.7 Å². The van der Waals surface area contributed by atoms with E-state index in [4.69, 9.17) is 4.74 Å². The lowest BCUT2D eigenvalue weighted by Crippen LogP contribution is -2.30. The number of benzene rings is 4. The van der Waals surface area contributed by atoms with Crippen LogP contribution in [0.1, 0.15) is 73.4 Å². The zero-order valence-corrected chi connectivity index (χ0v) is 30.4. The van der Waals surface area contributed by atoms with Crippen LogP contribution in [0.15, 0.2) is 121 Å². The first-order valence-corrected chi connectivity index (χ1v) is 17.3. The second kappa shape index (κ2) is 11.8. The molecular formula is C44H48N4O. The molecular weight excluding hydrogens is 601 g/mol. The molecule has 0 radical (unpaired) electrons. The molecule has 0 saturated heterocycles. The second-order valence-corrected chi connectivity index (χ2v) is 16.4. The van der Waals surface area contributed by atoms with E-state index in [1.165, 1.54) is 33.3 Å². The van der Waals surface area contributed by atoms with Crippen molar-refractivity contribution in [1.82, 2.24) is 9.55 Å². The molecule has 2 aromatic heterocycles. The highest BCUT2D eigenvalue weighted by Crippen LogP contribution is 2.42. The Morgan fingerprint density at radius 3 is 1.92 bits per heavy atom. The molecule has 49 heavy (non-hydrogen) atoms. The predicted octanol–water partition coefficient (Wildman–Crippen LogP) is 11.7. The molecule has 6 aromatic rings. The Balaban J connectivity index is 1.24. The summed E-state index contributed by atoms with van der Waals surface area (Å²) < 4.78 is 8.83. The molecule has 3 heterocycles. The Labute approximate surface area is 291 Å². The van der Waals surface area contributed by atoms with E-state index in [1.54, 1.807) is 0 Å². The summed E-state index contributed by atoms with van der Waals surface area (Å²) in [4.78, 5) is 9.52. The van der Waals surface area contributed by atoms with E-state index < -0.39 is 0 Å². The van der Waals surface area contributed by atoms with Gasteiger partial charge in [0.05, 0.1) is 17.7 Å². The normalized spacial score (nSPS) is 14.2. The van der Waals surface area contributed by atoms with Crippen LogP contribution in [0.3, 0.4) is 0 Å². The first kappa shape index (κ1) is 32.5. The minimum Gasteiger partial charge on any atom is -0.457 e. The standard InChI is InChI=1S/C44H48N4O/c1-42(2,3)30-23-31(43(4,5)6)25-33(24-30)46-28-40(44(7,8)9)47(29-46)32-15-14-16-34(26-32)49-35-20-21-37-36-17-10-11-18-38(36)48(39(37)27-35)41-19-12-13-22-45-41/h10-28H,29H2,1-9H3. The summed E-state index contributed by atoms with van der Waals surface area (Å²) in [6.07, 6.45) is 4.18. The molecule has 0 aliphatic carbocycles. The molecule has 0 atom stereocenters. The zero-order valence-electron chi connectivity index (χ0n) is 30.4. The minimum absolute atomic E-state index is 0.0483. The Morgan fingerprint density at radius 2 is 1.24 bits per heavy atom. The molecule has 1 aliphatic rings. The van der Waals surface area contributed by atoms with Gasteiger partial charge in [-0.15, -0.1) is 0 Å². The lowest BCUT2D eigenvalue weighted by Gasteiger charge is -2.31. The monoisotopic (exact) mass is 648 g/mol. The van der Waals surface area contributed by atoms with E-state index in [0.29, 0.717) is 0 Å². The van der Waals surface area contributed by atoms with Gasteiger partial charge in [-0.25, -0.2) is 4.98 Å². The third kappa shape index (κ3) is 6.30. The van der Waals surface area contributed by atoms with Crippen LogP contribution >= 0.6 is 0 Å². The minimum atomic E-state index is -0.0654. The van der Waals surface area contributed by atoms with E-state index in [-0.39, 0.29) is 16.2 Å². The van der Waals surface area contributed by atoms with Crippen LogP contribution in [0, 0.1) is 5.41 Å². The fourth-order valence-electron chi connectivity index (χ4n) is 6.70. The summed E-state index contributed by atoms with van der Waals surface area (Å²) >= 11 is 0. The number of nitrogens with zero attached hydrogens (tertiary/aromatic N) is 4. The largest absolute Gasteiger partial charge is 0.457 e. The number of fused-ring (bicyclic) bond motifs is 3. The van der Waals surface area contributed by atoms with Crippen LogP contribution in [0.2, 0.25) is 0 Å². The first-order chi connectivity index (χ1) is 23.2. The van der Waals surface area contributed by atoms with Crippen molar-refractivity contribution in [3.63, 3.8) is 0 Å². The van der Waals surface area contributed by atoms with Crippen molar-refractivity contribution in [3.05, 3.63) is 132 Å². The molecule has 5 heteroatoms. The fourth-order valence-corrected chi connectivity index (χ4v) is 6.70. The van der Waals surface area contributed by atoms with E-state index in [9.17, 15) is 0 Å². The summed E-state index contributed by atoms with van der Waals surface area (Å²) in [5.41, 5.74) is 8.53. The number of pyridine rings is 1. The number of allylic oxidation sites excluding steroid dienone is 1. The molecule has 7 rings (SSSR count). The van der Waals surface area contributed by atoms with Gasteiger partial charge in [0.25, 0.3) is 0 Å². The lowest BCUT2D eigenvalue weighted by atomic mass is 9.80. The fraction of sp³-hybridized carbons (Fsp3) is 0.295. The van der Waals surface area contributed by atoms with Crippen molar-refractivity contribution in [2.24, 2.45) is 5.41 Å². The van der Waals surface area contributed by atoms with Crippen LogP contribution in [0.4, 0.5) is 11.4 Å². The molecule has 4 aromatic carbocycles. The summed E-state index contributed by atoms with van der Waals surface area (Å²) in [6.45, 7) is 21.4. The van der Waals surface area contributed by atoms with E-state index in [1.807, 2.05) is 30.5 Å². The van der Waals surface area contributed by atoms with E-state index in [0.717, 1.165) is 40.7 Å². The first-order valence-electron chi connectivity index (χ1n) is 17.3. The lowest BCUT2D eigenvalue weighted by molar-refractivity contribution is 0.481. The van der Waals surface area contributed by atoms with Crippen LogP contribution in [0.25, 0.3) is 27.6 Å². The molecule has 0 amide bonds. The van der Waals surface area contributed by atoms with Gasteiger partial charge in [0, 0.05) is 57.8 Å². The molecule has 5 nitrogen and oxygen atoms in total. The summed E-state index contributed by atoms with van der Waals surface area (Å²) in [7, 11) is 0. The predicted molar refractivity (Wildman–Crippen MR) is 206 cm³/mol. The van der Waals surface area contributed by atoms with Gasteiger partial charge in [0.15, 0.2) is 0 Å². The van der Waals surface area contributed by atoms with Crippen molar-refractivity contribution in [1.29, 1.82) is 0 Å². The van der Waals surface area contributed by atoms with Crippen molar-refractivity contribution >= 4 is 33.2 Å². The molecule has 0 spiro atoms. The van der Waals surface area contributed by atoms with Gasteiger partial charge in [-0.2, -0.15) is 0 Å². The third-order valence-electron chi connectivity index (χ3n) is 9.50. The van der Waals surface area contributed by atoms with Crippen molar-refractivity contribution < 1.29 is 4.74 Å². The van der Waals surface area contributed by atoms with Crippen LogP contribution in [-0.2, 0) is 10.8 Å². The number of rotatable bonds is 5. The maximum Gasteiger partial charge on any atom is 0.137 e. The molecule has 0 unspecified atom stereocenters.